The summed E-state index contributed by atoms with van der Waals surface area (Å²) in [5.41, 5.74) is -0.767. The van der Waals surface area contributed by atoms with E-state index in [0.717, 1.165) is 31.0 Å². The molecular weight excluding hydrogens is 270 g/mol. The maximum atomic E-state index is 13.3. The predicted molar refractivity (Wildman–Crippen MR) is 71.9 cm³/mol. The van der Waals surface area contributed by atoms with Crippen molar-refractivity contribution in [2.24, 2.45) is 5.92 Å². The zero-order valence-corrected chi connectivity index (χ0v) is 12.0. The molecule has 1 N–H and O–H groups in total. The van der Waals surface area contributed by atoms with Crippen LogP contribution in [0, 0.1) is 11.7 Å². The number of nitrogens with one attached hydrogen (secondary N) is 1. The van der Waals surface area contributed by atoms with E-state index in [0.29, 0.717) is 12.3 Å². The van der Waals surface area contributed by atoms with Crippen LogP contribution in [0.2, 0.25) is 0 Å². The predicted octanol–water partition coefficient (Wildman–Crippen LogP) is 4.93. The first kappa shape index (κ1) is 17.0. The summed E-state index contributed by atoms with van der Waals surface area (Å²) in [4.78, 5) is 0. The standard InChI is InChI=1S/C15H21F4N/c1-4-10(5-2)8-14(20-3)12-9-11(16)6-7-13(12)15(17,18)19/h6-7,9-10,14,20H,4-5,8H2,1-3H3. The molecule has 0 aliphatic carbocycles. The third-order valence-corrected chi connectivity index (χ3v) is 3.77. The van der Waals surface area contributed by atoms with Gasteiger partial charge in [-0.25, -0.2) is 4.39 Å². The highest BCUT2D eigenvalue weighted by molar-refractivity contribution is 5.33. The van der Waals surface area contributed by atoms with Gasteiger partial charge in [-0.1, -0.05) is 26.7 Å². The van der Waals surface area contributed by atoms with Crippen LogP contribution in [-0.4, -0.2) is 7.05 Å². The summed E-state index contributed by atoms with van der Waals surface area (Å²) in [5, 5.41) is 2.89. The van der Waals surface area contributed by atoms with Gasteiger partial charge < -0.3 is 5.32 Å². The van der Waals surface area contributed by atoms with Crippen molar-refractivity contribution < 1.29 is 17.6 Å². The number of halogens is 4. The fourth-order valence-electron chi connectivity index (χ4n) is 2.44. The Kier molecular flexibility index (Phi) is 5.99. The van der Waals surface area contributed by atoms with Crippen LogP contribution in [0.4, 0.5) is 17.6 Å². The van der Waals surface area contributed by atoms with Gasteiger partial charge in [0.15, 0.2) is 0 Å². The third-order valence-electron chi connectivity index (χ3n) is 3.77. The van der Waals surface area contributed by atoms with Gasteiger partial charge >= 0.3 is 6.18 Å². The minimum Gasteiger partial charge on any atom is -0.313 e. The van der Waals surface area contributed by atoms with E-state index in [1.807, 2.05) is 13.8 Å². The van der Waals surface area contributed by atoms with Crippen molar-refractivity contribution in [2.75, 3.05) is 7.05 Å². The summed E-state index contributed by atoms with van der Waals surface area (Å²) in [6, 6.07) is 2.18. The summed E-state index contributed by atoms with van der Waals surface area (Å²) in [6.07, 6.45) is -2.11. The quantitative estimate of drug-likeness (QED) is 0.733. The first-order chi connectivity index (χ1) is 9.33. The Morgan fingerprint density at radius 1 is 1.15 bits per heavy atom. The third kappa shape index (κ3) is 4.20. The van der Waals surface area contributed by atoms with Crippen molar-refractivity contribution in [1.29, 1.82) is 0 Å². The van der Waals surface area contributed by atoms with Crippen molar-refractivity contribution in [3.05, 3.63) is 35.1 Å². The van der Waals surface area contributed by atoms with Crippen LogP contribution in [0.25, 0.3) is 0 Å². The summed E-state index contributed by atoms with van der Waals surface area (Å²) in [5.74, 6) is -0.324. The van der Waals surface area contributed by atoms with Gasteiger partial charge in [0, 0.05) is 6.04 Å². The molecule has 0 aromatic heterocycles. The smallest absolute Gasteiger partial charge is 0.313 e. The fraction of sp³-hybridized carbons (Fsp3) is 0.600. The van der Waals surface area contributed by atoms with E-state index in [2.05, 4.69) is 5.32 Å². The molecule has 0 fully saturated rings. The molecule has 5 heteroatoms. The zero-order chi connectivity index (χ0) is 15.3. The molecule has 1 atom stereocenters. The van der Waals surface area contributed by atoms with Gasteiger partial charge in [0.05, 0.1) is 5.56 Å². The van der Waals surface area contributed by atoms with Crippen LogP contribution in [0.15, 0.2) is 18.2 Å². The van der Waals surface area contributed by atoms with Gasteiger partial charge in [0.25, 0.3) is 0 Å². The van der Waals surface area contributed by atoms with Crippen LogP contribution in [0.1, 0.15) is 50.3 Å². The Labute approximate surface area is 117 Å². The van der Waals surface area contributed by atoms with E-state index in [4.69, 9.17) is 0 Å². The number of rotatable bonds is 6. The van der Waals surface area contributed by atoms with Crippen molar-refractivity contribution >= 4 is 0 Å². The van der Waals surface area contributed by atoms with Gasteiger partial charge in [0.2, 0.25) is 0 Å². The first-order valence-electron chi connectivity index (χ1n) is 6.87. The second kappa shape index (κ2) is 7.07. The number of alkyl halides is 3. The highest BCUT2D eigenvalue weighted by Crippen LogP contribution is 2.37. The molecule has 0 radical (unpaired) electrons. The SMILES string of the molecule is CCC(CC)CC(NC)c1cc(F)ccc1C(F)(F)F. The second-order valence-electron chi connectivity index (χ2n) is 4.99. The van der Waals surface area contributed by atoms with E-state index in [1.54, 1.807) is 7.05 Å². The molecule has 0 saturated heterocycles. The highest BCUT2D eigenvalue weighted by atomic mass is 19.4. The summed E-state index contributed by atoms with van der Waals surface area (Å²) < 4.78 is 52.4. The Hall–Kier alpha value is -1.10. The maximum Gasteiger partial charge on any atom is 0.416 e. The molecule has 114 valence electrons. The lowest BCUT2D eigenvalue weighted by Gasteiger charge is -2.25. The molecule has 0 saturated carbocycles. The summed E-state index contributed by atoms with van der Waals surface area (Å²) in [7, 11) is 1.61. The summed E-state index contributed by atoms with van der Waals surface area (Å²) >= 11 is 0. The molecule has 1 nitrogen and oxygen atoms in total. The lowest BCUT2D eigenvalue weighted by atomic mass is 9.89. The number of hydrogen-bond donors (Lipinski definition) is 1. The van der Waals surface area contributed by atoms with Crippen molar-refractivity contribution in [3.63, 3.8) is 0 Å². The van der Waals surface area contributed by atoms with E-state index in [-0.39, 0.29) is 5.56 Å². The molecule has 1 aromatic rings. The monoisotopic (exact) mass is 291 g/mol. The molecule has 0 heterocycles. The maximum absolute atomic E-state index is 13.3. The highest BCUT2D eigenvalue weighted by Gasteiger charge is 2.35. The van der Waals surface area contributed by atoms with Crippen LogP contribution in [0.3, 0.4) is 0 Å². The second-order valence-corrected chi connectivity index (χ2v) is 4.99. The lowest BCUT2D eigenvalue weighted by Crippen LogP contribution is -2.23. The Balaban J connectivity index is 3.16. The molecule has 1 rings (SSSR count). The van der Waals surface area contributed by atoms with E-state index < -0.39 is 23.6 Å². The Morgan fingerprint density at radius 3 is 2.20 bits per heavy atom. The fourth-order valence-corrected chi connectivity index (χ4v) is 2.44. The Morgan fingerprint density at radius 2 is 1.75 bits per heavy atom. The molecule has 1 aromatic carbocycles. The molecule has 0 bridgehead atoms. The van der Waals surface area contributed by atoms with Gasteiger partial charge in [-0.3, -0.25) is 0 Å². The lowest BCUT2D eigenvalue weighted by molar-refractivity contribution is -0.138. The van der Waals surface area contributed by atoms with Crippen molar-refractivity contribution in [3.8, 4) is 0 Å². The van der Waals surface area contributed by atoms with E-state index in [1.165, 1.54) is 0 Å². The van der Waals surface area contributed by atoms with Gasteiger partial charge in [-0.05, 0) is 43.1 Å². The van der Waals surface area contributed by atoms with E-state index in [9.17, 15) is 17.6 Å². The summed E-state index contributed by atoms with van der Waals surface area (Å²) in [6.45, 7) is 4.02. The molecule has 20 heavy (non-hydrogen) atoms. The van der Waals surface area contributed by atoms with Crippen LogP contribution in [-0.2, 0) is 6.18 Å². The molecule has 1 unspecified atom stereocenters. The van der Waals surface area contributed by atoms with Crippen LogP contribution >= 0.6 is 0 Å². The Bertz CT molecular complexity index is 424. The normalized spacial score (nSPS) is 13.8. The van der Waals surface area contributed by atoms with Gasteiger partial charge in [-0.15, -0.1) is 0 Å². The zero-order valence-electron chi connectivity index (χ0n) is 12.0. The van der Waals surface area contributed by atoms with Gasteiger partial charge in [-0.2, -0.15) is 13.2 Å². The van der Waals surface area contributed by atoms with Crippen molar-refractivity contribution in [1.82, 2.24) is 5.32 Å². The minimum atomic E-state index is -4.47. The topological polar surface area (TPSA) is 12.0 Å². The molecule has 0 aliphatic rings. The van der Waals surface area contributed by atoms with Gasteiger partial charge in [0.1, 0.15) is 5.82 Å². The molecule has 0 aliphatic heterocycles. The molecule has 0 amide bonds. The number of benzene rings is 1. The largest absolute Gasteiger partial charge is 0.416 e. The van der Waals surface area contributed by atoms with Crippen LogP contribution in [0.5, 0.6) is 0 Å². The van der Waals surface area contributed by atoms with Crippen molar-refractivity contribution in [2.45, 2.75) is 45.3 Å². The first-order valence-corrected chi connectivity index (χ1v) is 6.87. The average molecular weight is 291 g/mol. The average Bonchev–Trinajstić information content (AvgIpc) is 2.38. The molecular formula is C15H21F4N. The minimum absolute atomic E-state index is 0.00750. The van der Waals surface area contributed by atoms with Crippen LogP contribution < -0.4 is 5.32 Å². The van der Waals surface area contributed by atoms with E-state index >= 15 is 0 Å². The molecule has 0 spiro atoms. The number of hydrogen-bond acceptors (Lipinski definition) is 1.